The second-order valence-electron chi connectivity index (χ2n) is 4.37. The minimum absolute atomic E-state index is 0.0475. The molecule has 1 aromatic heterocycles. The monoisotopic (exact) mass is 228 g/mol. The van der Waals surface area contributed by atoms with Gasteiger partial charge in [-0.05, 0) is 27.2 Å². The molecular formula is C11H20N2OS. The summed E-state index contributed by atoms with van der Waals surface area (Å²) in [6.45, 7) is 7.75. The third kappa shape index (κ3) is 3.55. The highest BCUT2D eigenvalue weighted by Crippen LogP contribution is 2.21. The molecule has 2 N–H and O–H groups in total. The fourth-order valence-electron chi connectivity index (χ4n) is 1.28. The first kappa shape index (κ1) is 12.6. The van der Waals surface area contributed by atoms with Crippen LogP contribution in [0.4, 0.5) is 0 Å². The first-order valence-electron chi connectivity index (χ1n) is 5.33. The summed E-state index contributed by atoms with van der Waals surface area (Å²) < 4.78 is 0. The molecule has 0 saturated heterocycles. The SMILES string of the molecule is CCC(NC(C)C(C)(C)O)c1nccs1. The molecule has 0 bridgehead atoms. The molecule has 1 rings (SSSR count). The maximum absolute atomic E-state index is 9.85. The Morgan fingerprint density at radius 3 is 2.67 bits per heavy atom. The Kier molecular flexibility index (Phi) is 4.25. The summed E-state index contributed by atoms with van der Waals surface area (Å²) in [6.07, 6.45) is 2.80. The van der Waals surface area contributed by atoms with Gasteiger partial charge in [0.25, 0.3) is 0 Å². The van der Waals surface area contributed by atoms with Crippen LogP contribution >= 0.6 is 11.3 Å². The highest BCUT2D eigenvalue weighted by molar-refractivity contribution is 7.09. The lowest BCUT2D eigenvalue weighted by molar-refractivity contribution is 0.0395. The third-order valence-electron chi connectivity index (χ3n) is 2.67. The number of rotatable bonds is 5. The molecule has 2 atom stereocenters. The van der Waals surface area contributed by atoms with Gasteiger partial charge in [-0.1, -0.05) is 6.92 Å². The molecule has 0 amide bonds. The highest BCUT2D eigenvalue weighted by atomic mass is 32.1. The molecule has 0 aliphatic rings. The van der Waals surface area contributed by atoms with Crippen molar-refractivity contribution in [2.75, 3.05) is 0 Å². The van der Waals surface area contributed by atoms with Crippen LogP contribution in [0.1, 0.15) is 45.2 Å². The molecule has 1 aromatic rings. The molecule has 0 aromatic carbocycles. The lowest BCUT2D eigenvalue weighted by Crippen LogP contribution is -2.45. The van der Waals surface area contributed by atoms with Gasteiger partial charge in [0.05, 0.1) is 11.6 Å². The minimum Gasteiger partial charge on any atom is -0.389 e. The van der Waals surface area contributed by atoms with Crippen LogP contribution in [0.3, 0.4) is 0 Å². The van der Waals surface area contributed by atoms with E-state index in [1.54, 1.807) is 11.3 Å². The average molecular weight is 228 g/mol. The van der Waals surface area contributed by atoms with Crippen LogP contribution in [0.2, 0.25) is 0 Å². The lowest BCUT2D eigenvalue weighted by Gasteiger charge is -2.30. The maximum Gasteiger partial charge on any atom is 0.109 e. The van der Waals surface area contributed by atoms with E-state index in [4.69, 9.17) is 0 Å². The highest BCUT2D eigenvalue weighted by Gasteiger charge is 2.25. The normalized spacial score (nSPS) is 16.3. The van der Waals surface area contributed by atoms with Gasteiger partial charge in [-0.3, -0.25) is 0 Å². The molecule has 15 heavy (non-hydrogen) atoms. The van der Waals surface area contributed by atoms with E-state index in [1.165, 1.54) is 0 Å². The van der Waals surface area contributed by atoms with Gasteiger partial charge in [-0.2, -0.15) is 0 Å². The number of nitrogens with one attached hydrogen (secondary N) is 1. The topological polar surface area (TPSA) is 45.1 Å². The van der Waals surface area contributed by atoms with Crippen molar-refractivity contribution in [2.24, 2.45) is 0 Å². The van der Waals surface area contributed by atoms with Gasteiger partial charge in [0.2, 0.25) is 0 Å². The summed E-state index contributed by atoms with van der Waals surface area (Å²) in [5.74, 6) is 0. The van der Waals surface area contributed by atoms with Crippen LogP contribution in [-0.2, 0) is 0 Å². The van der Waals surface area contributed by atoms with Crippen molar-refractivity contribution in [1.82, 2.24) is 10.3 Å². The van der Waals surface area contributed by atoms with Gasteiger partial charge >= 0.3 is 0 Å². The van der Waals surface area contributed by atoms with E-state index in [9.17, 15) is 5.11 Å². The van der Waals surface area contributed by atoms with Crippen LogP contribution in [0.25, 0.3) is 0 Å². The van der Waals surface area contributed by atoms with Crippen molar-refractivity contribution in [3.8, 4) is 0 Å². The molecule has 86 valence electrons. The molecule has 0 spiro atoms. The number of hydrogen-bond donors (Lipinski definition) is 2. The van der Waals surface area contributed by atoms with Crippen LogP contribution in [0.15, 0.2) is 11.6 Å². The minimum atomic E-state index is -0.704. The van der Waals surface area contributed by atoms with Gasteiger partial charge < -0.3 is 10.4 Å². The molecule has 0 aliphatic heterocycles. The van der Waals surface area contributed by atoms with Gasteiger partial charge in [0.1, 0.15) is 5.01 Å². The van der Waals surface area contributed by atoms with Crippen molar-refractivity contribution >= 4 is 11.3 Å². The van der Waals surface area contributed by atoms with E-state index in [2.05, 4.69) is 17.2 Å². The fraction of sp³-hybridized carbons (Fsp3) is 0.727. The number of nitrogens with zero attached hydrogens (tertiary/aromatic N) is 1. The van der Waals surface area contributed by atoms with E-state index in [0.717, 1.165) is 11.4 Å². The van der Waals surface area contributed by atoms with Crippen molar-refractivity contribution in [2.45, 2.75) is 51.8 Å². The number of thiazole rings is 1. The molecule has 0 saturated carbocycles. The second-order valence-corrected chi connectivity index (χ2v) is 5.30. The summed E-state index contributed by atoms with van der Waals surface area (Å²) in [5, 5.41) is 16.3. The largest absolute Gasteiger partial charge is 0.389 e. The lowest BCUT2D eigenvalue weighted by atomic mass is 9.99. The Bertz CT molecular complexity index is 279. The predicted octanol–water partition coefficient (Wildman–Crippen LogP) is 2.34. The first-order chi connectivity index (χ1) is 6.95. The van der Waals surface area contributed by atoms with Crippen molar-refractivity contribution in [1.29, 1.82) is 0 Å². The van der Waals surface area contributed by atoms with Gasteiger partial charge in [0, 0.05) is 17.6 Å². The second kappa shape index (κ2) is 5.05. The molecule has 3 nitrogen and oxygen atoms in total. The summed E-state index contributed by atoms with van der Waals surface area (Å²) in [4.78, 5) is 4.30. The Labute approximate surface area is 95.6 Å². The fourth-order valence-corrected chi connectivity index (χ4v) is 2.06. The molecular weight excluding hydrogens is 208 g/mol. The van der Waals surface area contributed by atoms with Gasteiger partial charge in [0.15, 0.2) is 0 Å². The van der Waals surface area contributed by atoms with Crippen LogP contribution < -0.4 is 5.32 Å². The van der Waals surface area contributed by atoms with E-state index in [1.807, 2.05) is 32.3 Å². The molecule has 0 fully saturated rings. The third-order valence-corrected chi connectivity index (χ3v) is 3.56. The van der Waals surface area contributed by atoms with E-state index in [-0.39, 0.29) is 12.1 Å². The van der Waals surface area contributed by atoms with E-state index >= 15 is 0 Å². The Hall–Kier alpha value is -0.450. The Balaban J connectivity index is 2.63. The van der Waals surface area contributed by atoms with E-state index < -0.39 is 5.60 Å². The first-order valence-corrected chi connectivity index (χ1v) is 6.21. The van der Waals surface area contributed by atoms with Crippen LogP contribution in [0.5, 0.6) is 0 Å². The van der Waals surface area contributed by atoms with Crippen LogP contribution in [0, 0.1) is 0 Å². The Morgan fingerprint density at radius 2 is 2.27 bits per heavy atom. The number of aromatic nitrogens is 1. The van der Waals surface area contributed by atoms with Crippen molar-refractivity contribution < 1.29 is 5.11 Å². The predicted molar refractivity (Wildman–Crippen MR) is 64.0 cm³/mol. The van der Waals surface area contributed by atoms with Crippen molar-refractivity contribution in [3.63, 3.8) is 0 Å². The zero-order valence-electron chi connectivity index (χ0n) is 9.82. The smallest absolute Gasteiger partial charge is 0.109 e. The summed E-state index contributed by atoms with van der Waals surface area (Å²) >= 11 is 1.65. The average Bonchev–Trinajstić information content (AvgIpc) is 2.64. The molecule has 1 heterocycles. The van der Waals surface area contributed by atoms with E-state index in [0.29, 0.717) is 0 Å². The zero-order valence-corrected chi connectivity index (χ0v) is 10.6. The zero-order chi connectivity index (χ0) is 11.5. The number of aliphatic hydroxyl groups is 1. The molecule has 4 heteroatoms. The summed E-state index contributed by atoms with van der Waals surface area (Å²) in [5.41, 5.74) is -0.704. The van der Waals surface area contributed by atoms with Gasteiger partial charge in [-0.15, -0.1) is 11.3 Å². The number of hydrogen-bond acceptors (Lipinski definition) is 4. The van der Waals surface area contributed by atoms with Gasteiger partial charge in [-0.25, -0.2) is 4.98 Å². The summed E-state index contributed by atoms with van der Waals surface area (Å²) in [7, 11) is 0. The quantitative estimate of drug-likeness (QED) is 0.813. The summed E-state index contributed by atoms with van der Waals surface area (Å²) in [6, 6.07) is 0.290. The maximum atomic E-state index is 9.85. The van der Waals surface area contributed by atoms with Crippen LogP contribution in [-0.4, -0.2) is 21.7 Å². The molecule has 2 unspecified atom stereocenters. The Morgan fingerprint density at radius 1 is 1.60 bits per heavy atom. The molecule has 0 aliphatic carbocycles. The van der Waals surface area contributed by atoms with Crippen molar-refractivity contribution in [3.05, 3.63) is 16.6 Å². The molecule has 0 radical (unpaired) electrons. The standard InChI is InChI=1S/C11H20N2OS/c1-5-9(10-12-6-7-15-10)13-8(2)11(3,4)14/h6-9,13-14H,5H2,1-4H3.